The number of amides is 3. The molecular formula is C26H27N3O7. The summed E-state index contributed by atoms with van der Waals surface area (Å²) in [5.74, 6) is -1.83. The molecule has 10 nitrogen and oxygen atoms in total. The van der Waals surface area contributed by atoms with Gasteiger partial charge in [0.1, 0.15) is 19.3 Å². The summed E-state index contributed by atoms with van der Waals surface area (Å²) in [6, 6.07) is 14.0. The molecule has 3 N–H and O–H groups in total. The molecule has 2 aromatic carbocycles. The van der Waals surface area contributed by atoms with Gasteiger partial charge in [0, 0.05) is 12.5 Å². The third-order valence-electron chi connectivity index (χ3n) is 6.21. The number of carboxylic acids is 1. The number of piperazine rings is 1. The molecule has 2 atom stereocenters. The van der Waals surface area contributed by atoms with E-state index in [9.17, 15) is 19.2 Å². The fourth-order valence-corrected chi connectivity index (χ4v) is 4.62. The van der Waals surface area contributed by atoms with Crippen LogP contribution < -0.4 is 10.6 Å². The van der Waals surface area contributed by atoms with Crippen LogP contribution in [-0.4, -0.2) is 72.5 Å². The first kappa shape index (κ1) is 24.8. The van der Waals surface area contributed by atoms with Crippen molar-refractivity contribution in [2.45, 2.75) is 24.4 Å². The Morgan fingerprint density at radius 1 is 1.08 bits per heavy atom. The predicted molar refractivity (Wildman–Crippen MR) is 129 cm³/mol. The molecule has 1 aliphatic heterocycles. The van der Waals surface area contributed by atoms with Crippen molar-refractivity contribution in [2.75, 3.05) is 26.3 Å². The van der Waals surface area contributed by atoms with Gasteiger partial charge in [-0.05, 0) is 22.3 Å². The van der Waals surface area contributed by atoms with Gasteiger partial charge in [-0.25, -0.2) is 9.59 Å². The van der Waals surface area contributed by atoms with Crippen molar-refractivity contribution in [3.05, 3.63) is 72.3 Å². The van der Waals surface area contributed by atoms with Crippen LogP contribution in [0.5, 0.6) is 0 Å². The van der Waals surface area contributed by atoms with Crippen LogP contribution in [-0.2, 0) is 19.1 Å². The van der Waals surface area contributed by atoms with Gasteiger partial charge in [-0.3, -0.25) is 14.5 Å². The Labute approximate surface area is 207 Å². The largest absolute Gasteiger partial charge is 0.481 e. The van der Waals surface area contributed by atoms with Crippen molar-refractivity contribution >= 4 is 24.1 Å². The van der Waals surface area contributed by atoms with Gasteiger partial charge in [0.05, 0.1) is 19.0 Å². The van der Waals surface area contributed by atoms with Gasteiger partial charge in [0.15, 0.2) is 0 Å². The summed E-state index contributed by atoms with van der Waals surface area (Å²) in [6.45, 7) is 3.20. The zero-order chi connectivity index (χ0) is 25.7. The minimum atomic E-state index is -1.12. The molecular weight excluding hydrogens is 466 g/mol. The molecule has 0 bridgehead atoms. The van der Waals surface area contributed by atoms with E-state index in [1.54, 1.807) is 0 Å². The standard InChI is InChI=1S/C26H27N3O7/c1-2-11-35-26(34)29-14-16(12-23(30)31)28-24(32)22(29)13-27-25(33)36-15-21-19-9-5-3-7-17(19)18-8-4-6-10-20(18)21/h2-10,16,21-22H,1,11-15H2,(H,27,33)(H,28,32)(H,30,31)/t16-,22-/m0/s1. The van der Waals surface area contributed by atoms with Crippen LogP contribution in [0.3, 0.4) is 0 Å². The molecule has 4 rings (SSSR count). The van der Waals surface area contributed by atoms with E-state index >= 15 is 0 Å². The van der Waals surface area contributed by atoms with Crippen molar-refractivity contribution in [2.24, 2.45) is 0 Å². The van der Waals surface area contributed by atoms with E-state index in [-0.39, 0.29) is 38.6 Å². The predicted octanol–water partition coefficient (Wildman–Crippen LogP) is 2.49. The van der Waals surface area contributed by atoms with Crippen molar-refractivity contribution < 1.29 is 33.8 Å². The number of rotatable bonds is 8. The Kier molecular flexibility index (Phi) is 7.53. The second kappa shape index (κ2) is 10.9. The zero-order valence-electron chi connectivity index (χ0n) is 19.5. The number of hydrogen-bond acceptors (Lipinski definition) is 6. The van der Waals surface area contributed by atoms with Crippen LogP contribution in [0.1, 0.15) is 23.5 Å². The molecule has 1 aliphatic carbocycles. The zero-order valence-corrected chi connectivity index (χ0v) is 19.5. The van der Waals surface area contributed by atoms with Gasteiger partial charge >= 0.3 is 18.2 Å². The number of fused-ring (bicyclic) bond motifs is 3. The number of nitrogens with one attached hydrogen (secondary N) is 2. The van der Waals surface area contributed by atoms with E-state index in [4.69, 9.17) is 14.6 Å². The first-order chi connectivity index (χ1) is 17.4. The molecule has 0 aromatic heterocycles. The Hall–Kier alpha value is -4.34. The summed E-state index contributed by atoms with van der Waals surface area (Å²) in [7, 11) is 0. The Bertz CT molecular complexity index is 1140. The number of alkyl carbamates (subject to hydrolysis) is 1. The normalized spacial score (nSPS) is 18.4. The molecule has 188 valence electrons. The van der Waals surface area contributed by atoms with Crippen LogP contribution in [0.2, 0.25) is 0 Å². The van der Waals surface area contributed by atoms with Crippen molar-refractivity contribution in [1.29, 1.82) is 0 Å². The van der Waals surface area contributed by atoms with Crippen LogP contribution in [0.4, 0.5) is 9.59 Å². The smallest absolute Gasteiger partial charge is 0.410 e. The molecule has 0 saturated carbocycles. The van der Waals surface area contributed by atoms with E-state index < -0.39 is 36.1 Å². The van der Waals surface area contributed by atoms with E-state index in [1.165, 1.54) is 6.08 Å². The number of ether oxygens (including phenoxy) is 2. The quantitative estimate of drug-likeness (QED) is 0.481. The molecule has 2 aromatic rings. The van der Waals surface area contributed by atoms with Crippen LogP contribution >= 0.6 is 0 Å². The molecule has 1 saturated heterocycles. The number of nitrogens with zero attached hydrogens (tertiary/aromatic N) is 1. The number of hydrogen-bond donors (Lipinski definition) is 3. The maximum absolute atomic E-state index is 12.7. The number of aliphatic carboxylic acids is 1. The van der Waals surface area contributed by atoms with Gasteiger partial charge in [0.25, 0.3) is 0 Å². The highest BCUT2D eigenvalue weighted by Gasteiger charge is 2.39. The minimum absolute atomic E-state index is 0.0763. The third-order valence-corrected chi connectivity index (χ3v) is 6.21. The first-order valence-electron chi connectivity index (χ1n) is 11.5. The van der Waals surface area contributed by atoms with Gasteiger partial charge in [-0.2, -0.15) is 0 Å². The van der Waals surface area contributed by atoms with E-state index in [0.29, 0.717) is 0 Å². The van der Waals surface area contributed by atoms with Crippen molar-refractivity contribution in [3.8, 4) is 11.1 Å². The molecule has 2 aliphatic rings. The summed E-state index contributed by atoms with van der Waals surface area (Å²) in [6.07, 6.45) is -0.527. The van der Waals surface area contributed by atoms with Crippen LogP contribution in [0.15, 0.2) is 61.2 Å². The highest BCUT2D eigenvalue weighted by molar-refractivity contribution is 5.88. The Morgan fingerprint density at radius 3 is 2.33 bits per heavy atom. The molecule has 0 spiro atoms. The Morgan fingerprint density at radius 2 is 1.72 bits per heavy atom. The second-order valence-corrected chi connectivity index (χ2v) is 8.54. The number of carboxylic acid groups (broad SMARTS) is 1. The van der Waals surface area contributed by atoms with E-state index in [2.05, 4.69) is 17.2 Å². The first-order valence-corrected chi connectivity index (χ1v) is 11.5. The lowest BCUT2D eigenvalue weighted by Gasteiger charge is -2.38. The van der Waals surface area contributed by atoms with Crippen LogP contribution in [0.25, 0.3) is 11.1 Å². The van der Waals surface area contributed by atoms with Crippen LogP contribution in [0, 0.1) is 0 Å². The summed E-state index contributed by atoms with van der Waals surface area (Å²) in [5.41, 5.74) is 4.34. The molecule has 0 radical (unpaired) electrons. The lowest BCUT2D eigenvalue weighted by molar-refractivity contribution is -0.139. The molecule has 10 heteroatoms. The number of carbonyl (C=O) groups is 4. The molecule has 36 heavy (non-hydrogen) atoms. The molecule has 1 fully saturated rings. The third kappa shape index (κ3) is 5.32. The van der Waals surface area contributed by atoms with Gasteiger partial charge in [-0.15, -0.1) is 0 Å². The van der Waals surface area contributed by atoms with Gasteiger partial charge in [0.2, 0.25) is 5.91 Å². The second-order valence-electron chi connectivity index (χ2n) is 8.54. The monoisotopic (exact) mass is 493 g/mol. The SMILES string of the molecule is C=CCOC(=O)N1C[C@H](CC(=O)O)NC(=O)[C@@H]1CNC(=O)OCC1c2ccccc2-c2ccccc21. The fraction of sp³-hybridized carbons (Fsp3) is 0.308. The Balaban J connectivity index is 1.38. The van der Waals surface area contributed by atoms with Gasteiger partial charge < -0.3 is 25.2 Å². The minimum Gasteiger partial charge on any atom is -0.481 e. The summed E-state index contributed by atoms with van der Waals surface area (Å²) >= 11 is 0. The summed E-state index contributed by atoms with van der Waals surface area (Å²) in [4.78, 5) is 49.9. The van der Waals surface area contributed by atoms with Crippen molar-refractivity contribution in [3.63, 3.8) is 0 Å². The molecule has 1 heterocycles. The van der Waals surface area contributed by atoms with E-state index in [0.717, 1.165) is 27.2 Å². The van der Waals surface area contributed by atoms with Crippen molar-refractivity contribution in [1.82, 2.24) is 15.5 Å². The maximum atomic E-state index is 12.7. The average Bonchev–Trinajstić information content (AvgIpc) is 3.18. The van der Waals surface area contributed by atoms with E-state index in [1.807, 2.05) is 48.5 Å². The van der Waals surface area contributed by atoms with Gasteiger partial charge in [-0.1, -0.05) is 61.2 Å². The maximum Gasteiger partial charge on any atom is 0.410 e. The average molecular weight is 494 g/mol. The summed E-state index contributed by atoms with van der Waals surface area (Å²) < 4.78 is 10.5. The highest BCUT2D eigenvalue weighted by atomic mass is 16.6. The highest BCUT2D eigenvalue weighted by Crippen LogP contribution is 2.44. The molecule has 3 amide bonds. The topological polar surface area (TPSA) is 134 Å². The summed E-state index contributed by atoms with van der Waals surface area (Å²) in [5, 5.41) is 14.2. The lowest BCUT2D eigenvalue weighted by atomic mass is 9.98. The number of carbonyl (C=O) groups excluding carboxylic acids is 3. The number of benzene rings is 2. The molecule has 0 unspecified atom stereocenters. The fourth-order valence-electron chi connectivity index (χ4n) is 4.62. The lowest BCUT2D eigenvalue weighted by Crippen LogP contribution is -2.64.